The van der Waals surface area contributed by atoms with Gasteiger partial charge in [0.1, 0.15) is 11.3 Å². The Morgan fingerprint density at radius 3 is 2.64 bits per heavy atom. The van der Waals surface area contributed by atoms with Crippen molar-refractivity contribution >= 4 is 40.9 Å². The van der Waals surface area contributed by atoms with Crippen LogP contribution in [0.1, 0.15) is 21.7 Å². The number of rotatable bonds is 4. The van der Waals surface area contributed by atoms with Crippen LogP contribution in [0.4, 0.5) is 0 Å². The lowest BCUT2D eigenvalue weighted by molar-refractivity contribution is 0.0699. The van der Waals surface area contributed by atoms with Crippen molar-refractivity contribution < 1.29 is 9.90 Å². The zero-order chi connectivity index (χ0) is 15.5. The number of aromatic nitrogens is 2. The maximum atomic E-state index is 11.2. The lowest BCUT2D eigenvalue weighted by Gasteiger charge is -1.96. The summed E-state index contributed by atoms with van der Waals surface area (Å²) in [6, 6.07) is 13.3. The zero-order valence-electron chi connectivity index (χ0n) is 11.9. The number of hydrogen-bond acceptors (Lipinski definition) is 3. The second-order valence-electron chi connectivity index (χ2n) is 4.74. The highest BCUT2D eigenvalue weighted by Gasteiger charge is 2.11. The van der Waals surface area contributed by atoms with Gasteiger partial charge in [-0.3, -0.25) is 0 Å². The van der Waals surface area contributed by atoms with Crippen LogP contribution in [-0.2, 0) is 0 Å². The molecule has 0 saturated heterocycles. The number of thioether (sulfide) groups is 1. The van der Waals surface area contributed by atoms with Gasteiger partial charge in [-0.05, 0) is 42.2 Å². The molecule has 0 radical (unpaired) electrons. The molecule has 3 aromatic rings. The smallest absolute Gasteiger partial charge is 0.337 e. The highest BCUT2D eigenvalue weighted by molar-refractivity contribution is 7.98. The lowest BCUT2D eigenvalue weighted by Crippen LogP contribution is -1.96. The molecule has 1 heterocycles. The van der Waals surface area contributed by atoms with Crippen molar-refractivity contribution in [2.24, 2.45) is 0 Å². The Kier molecular flexibility index (Phi) is 3.98. The summed E-state index contributed by atoms with van der Waals surface area (Å²) in [5.41, 5.74) is 2.47. The molecule has 0 atom stereocenters. The van der Waals surface area contributed by atoms with Crippen molar-refractivity contribution in [1.82, 2.24) is 9.97 Å². The predicted octanol–water partition coefficient (Wildman–Crippen LogP) is 4.15. The van der Waals surface area contributed by atoms with Crippen LogP contribution < -0.4 is 0 Å². The van der Waals surface area contributed by atoms with Crippen molar-refractivity contribution in [3.63, 3.8) is 0 Å². The molecule has 5 heteroatoms. The fourth-order valence-corrected chi connectivity index (χ4v) is 2.60. The van der Waals surface area contributed by atoms with Gasteiger partial charge in [0.25, 0.3) is 0 Å². The summed E-state index contributed by atoms with van der Waals surface area (Å²) < 4.78 is 0. The summed E-state index contributed by atoms with van der Waals surface area (Å²) in [5, 5.41) is 9.18. The minimum absolute atomic E-state index is 0.206. The van der Waals surface area contributed by atoms with E-state index >= 15 is 0 Å². The number of H-pyrrole nitrogens is 1. The van der Waals surface area contributed by atoms with Crippen molar-refractivity contribution in [3.8, 4) is 0 Å². The standard InChI is InChI=1S/C17H14N2O2S/c1-22-12-8-5-11(6-9-12)7-10-15-18-14-4-2-3-13(17(20)21)16(14)19-15/h2-10H,1H3,(H,18,19)(H,20,21). The molecule has 0 aliphatic heterocycles. The number of carboxylic acid groups (broad SMARTS) is 1. The maximum absolute atomic E-state index is 11.2. The van der Waals surface area contributed by atoms with Gasteiger partial charge >= 0.3 is 5.97 Å². The van der Waals surface area contributed by atoms with Crippen LogP contribution in [-0.4, -0.2) is 27.3 Å². The molecule has 0 aliphatic rings. The number of aromatic carboxylic acids is 1. The fourth-order valence-electron chi connectivity index (χ4n) is 2.19. The van der Waals surface area contributed by atoms with E-state index in [1.807, 2.05) is 36.6 Å². The highest BCUT2D eigenvalue weighted by Crippen LogP contribution is 2.19. The number of imidazole rings is 1. The molecule has 0 saturated carbocycles. The topological polar surface area (TPSA) is 66.0 Å². The highest BCUT2D eigenvalue weighted by atomic mass is 32.2. The SMILES string of the molecule is CSc1ccc(C=Cc2nc3c(C(=O)O)cccc3[nH]2)cc1. The quantitative estimate of drug-likeness (QED) is 0.710. The minimum atomic E-state index is -0.972. The molecule has 3 rings (SSSR count). The molecule has 0 bridgehead atoms. The van der Waals surface area contributed by atoms with E-state index in [1.165, 1.54) is 4.90 Å². The normalized spacial score (nSPS) is 11.3. The third-order valence-electron chi connectivity index (χ3n) is 3.31. The minimum Gasteiger partial charge on any atom is -0.478 e. The van der Waals surface area contributed by atoms with Crippen molar-refractivity contribution in [3.05, 3.63) is 59.4 Å². The van der Waals surface area contributed by atoms with Gasteiger partial charge in [0.2, 0.25) is 0 Å². The molecule has 110 valence electrons. The molecule has 2 aromatic carbocycles. The summed E-state index contributed by atoms with van der Waals surface area (Å²) in [6.07, 6.45) is 5.83. The Labute approximate surface area is 131 Å². The van der Waals surface area contributed by atoms with E-state index in [0.717, 1.165) is 11.1 Å². The molecule has 0 amide bonds. The van der Waals surface area contributed by atoms with Gasteiger partial charge < -0.3 is 10.1 Å². The first-order chi connectivity index (χ1) is 10.7. The van der Waals surface area contributed by atoms with Gasteiger partial charge in [-0.25, -0.2) is 9.78 Å². The third-order valence-corrected chi connectivity index (χ3v) is 4.05. The molecule has 1 aromatic heterocycles. The van der Waals surface area contributed by atoms with E-state index in [-0.39, 0.29) is 5.56 Å². The van der Waals surface area contributed by atoms with E-state index < -0.39 is 5.97 Å². The summed E-state index contributed by atoms with van der Waals surface area (Å²) >= 11 is 1.70. The van der Waals surface area contributed by atoms with Crippen molar-refractivity contribution in [2.45, 2.75) is 4.90 Å². The second kappa shape index (κ2) is 6.07. The molecule has 22 heavy (non-hydrogen) atoms. The first kappa shape index (κ1) is 14.4. The average molecular weight is 310 g/mol. The summed E-state index contributed by atoms with van der Waals surface area (Å²) in [6.45, 7) is 0. The number of carbonyl (C=O) groups is 1. The first-order valence-corrected chi connectivity index (χ1v) is 7.94. The average Bonchev–Trinajstić information content (AvgIpc) is 2.96. The van der Waals surface area contributed by atoms with Crippen molar-refractivity contribution in [1.29, 1.82) is 0 Å². The van der Waals surface area contributed by atoms with E-state index in [9.17, 15) is 9.90 Å². The zero-order valence-corrected chi connectivity index (χ0v) is 12.7. The summed E-state index contributed by atoms with van der Waals surface area (Å²) in [4.78, 5) is 19.9. The van der Waals surface area contributed by atoms with Crippen LogP contribution in [0, 0.1) is 0 Å². The number of para-hydroxylation sites is 1. The number of nitrogens with one attached hydrogen (secondary N) is 1. The fraction of sp³-hybridized carbons (Fsp3) is 0.0588. The number of nitrogens with zero attached hydrogens (tertiary/aromatic N) is 1. The monoisotopic (exact) mass is 310 g/mol. The predicted molar refractivity (Wildman–Crippen MR) is 90.2 cm³/mol. The molecular formula is C17H14N2O2S. The van der Waals surface area contributed by atoms with Crippen LogP contribution in [0.3, 0.4) is 0 Å². The molecule has 0 aliphatic carbocycles. The van der Waals surface area contributed by atoms with Gasteiger partial charge in [0.15, 0.2) is 0 Å². The lowest BCUT2D eigenvalue weighted by atomic mass is 10.2. The molecule has 0 unspecified atom stereocenters. The summed E-state index contributed by atoms with van der Waals surface area (Å²) in [7, 11) is 0. The second-order valence-corrected chi connectivity index (χ2v) is 5.62. The van der Waals surface area contributed by atoms with E-state index in [4.69, 9.17) is 0 Å². The number of carboxylic acids is 1. The molecule has 0 fully saturated rings. The Balaban J connectivity index is 1.91. The Bertz CT molecular complexity index is 851. The van der Waals surface area contributed by atoms with Gasteiger partial charge in [-0.1, -0.05) is 24.3 Å². The molecule has 4 nitrogen and oxygen atoms in total. The number of aromatic amines is 1. The molecular weight excluding hydrogens is 296 g/mol. The Morgan fingerprint density at radius 2 is 1.95 bits per heavy atom. The van der Waals surface area contributed by atoms with Crippen molar-refractivity contribution in [2.75, 3.05) is 6.26 Å². The number of fused-ring (bicyclic) bond motifs is 1. The van der Waals surface area contributed by atoms with Gasteiger partial charge in [0.05, 0.1) is 11.1 Å². The van der Waals surface area contributed by atoms with E-state index in [2.05, 4.69) is 22.1 Å². The first-order valence-electron chi connectivity index (χ1n) is 6.71. The van der Waals surface area contributed by atoms with Gasteiger partial charge in [-0.15, -0.1) is 11.8 Å². The van der Waals surface area contributed by atoms with Gasteiger partial charge in [-0.2, -0.15) is 0 Å². The van der Waals surface area contributed by atoms with Gasteiger partial charge in [0, 0.05) is 4.90 Å². The van der Waals surface area contributed by atoms with Crippen LogP contribution in [0.5, 0.6) is 0 Å². The van der Waals surface area contributed by atoms with E-state index in [1.54, 1.807) is 23.9 Å². The molecule has 0 spiro atoms. The largest absolute Gasteiger partial charge is 0.478 e. The Hall–Kier alpha value is -2.53. The molecule has 2 N–H and O–H groups in total. The van der Waals surface area contributed by atoms with Crippen LogP contribution in [0.25, 0.3) is 23.2 Å². The summed E-state index contributed by atoms with van der Waals surface area (Å²) in [5.74, 6) is -0.335. The van der Waals surface area contributed by atoms with E-state index in [0.29, 0.717) is 11.3 Å². The Morgan fingerprint density at radius 1 is 1.18 bits per heavy atom. The van der Waals surface area contributed by atoms with Crippen LogP contribution >= 0.6 is 11.8 Å². The van der Waals surface area contributed by atoms with Crippen LogP contribution in [0.2, 0.25) is 0 Å². The van der Waals surface area contributed by atoms with Crippen LogP contribution in [0.15, 0.2) is 47.4 Å². The maximum Gasteiger partial charge on any atom is 0.337 e. The third kappa shape index (κ3) is 2.89. The number of benzene rings is 2. The number of hydrogen-bond donors (Lipinski definition) is 2.